The number of ether oxygens (including phenoxy) is 2. The highest BCUT2D eigenvalue weighted by Gasteiger charge is 2.53. The molecule has 0 aromatic heterocycles. The predicted molar refractivity (Wildman–Crippen MR) is 159 cm³/mol. The van der Waals surface area contributed by atoms with Crippen LogP contribution in [0.15, 0.2) is 114 Å². The minimum absolute atomic E-state index is 0.266. The highest BCUT2D eigenvalue weighted by Crippen LogP contribution is 2.55. The Morgan fingerprint density at radius 1 is 0.805 bits per heavy atom. The first-order chi connectivity index (χ1) is 20.1. The topological polar surface area (TPSA) is 67.9 Å². The fourth-order valence-corrected chi connectivity index (χ4v) is 6.45. The molecule has 1 aliphatic carbocycles. The Kier molecular flexibility index (Phi) is 7.43. The molecular formula is C35H34N2O4. The molecular weight excluding hydrogens is 512 g/mol. The molecule has 0 fully saturated rings. The van der Waals surface area contributed by atoms with Crippen LogP contribution in [0.5, 0.6) is 0 Å². The van der Waals surface area contributed by atoms with Crippen LogP contribution in [0, 0.1) is 0 Å². The lowest BCUT2D eigenvalue weighted by atomic mass is 9.78. The van der Waals surface area contributed by atoms with Crippen molar-refractivity contribution in [2.24, 2.45) is 0 Å². The summed E-state index contributed by atoms with van der Waals surface area (Å²) in [5, 5.41) is 3.19. The first-order valence-corrected chi connectivity index (χ1v) is 14.3. The van der Waals surface area contributed by atoms with Crippen LogP contribution in [0.25, 0.3) is 11.1 Å². The molecule has 0 amide bonds. The van der Waals surface area contributed by atoms with Gasteiger partial charge in [0, 0.05) is 13.1 Å². The zero-order chi connectivity index (χ0) is 28.4. The smallest absolute Gasteiger partial charge is 0.327 e. The van der Waals surface area contributed by atoms with E-state index in [0.717, 1.165) is 27.8 Å². The standard InChI is InChI=1S/C35H34N2O4/c1-3-40-33(38)31-20-24(22-36-31)18-19-25-21-32(34(39)41-4-2)37(23-25)35(26-12-6-5-7-13-26)29-16-10-8-14-27(29)28-15-9-11-17-30(28)35/h5-21,31-32,36H,3-4,22-23H2,1-2H3/b19-18-/t31-,32-/m0/s1. The molecule has 2 heterocycles. The van der Waals surface area contributed by atoms with Crippen molar-refractivity contribution in [2.45, 2.75) is 31.5 Å². The van der Waals surface area contributed by atoms with E-state index in [9.17, 15) is 9.59 Å². The van der Waals surface area contributed by atoms with E-state index in [1.807, 2.05) is 31.2 Å². The van der Waals surface area contributed by atoms with Crippen molar-refractivity contribution in [3.8, 4) is 11.1 Å². The Hall–Kier alpha value is -4.26. The van der Waals surface area contributed by atoms with E-state index in [4.69, 9.17) is 9.47 Å². The molecule has 0 radical (unpaired) electrons. The van der Waals surface area contributed by atoms with Crippen molar-refractivity contribution in [1.82, 2.24) is 10.2 Å². The quantitative estimate of drug-likeness (QED) is 0.394. The number of hydrogen-bond acceptors (Lipinski definition) is 6. The molecule has 0 unspecified atom stereocenters. The molecule has 208 valence electrons. The summed E-state index contributed by atoms with van der Waals surface area (Å²) in [5.41, 5.74) is 7.08. The SMILES string of the molecule is CCOC(=O)[C@@H]1C=C(/C=C\C2=C[C@@H](C(=O)OCC)N(C3(c4ccccc4)c4ccccc4-c4ccccc43)C2)CN1. The minimum Gasteiger partial charge on any atom is -0.465 e. The number of nitrogens with one attached hydrogen (secondary N) is 1. The van der Waals surface area contributed by atoms with Gasteiger partial charge in [0.2, 0.25) is 0 Å². The van der Waals surface area contributed by atoms with Gasteiger partial charge in [-0.05, 0) is 52.8 Å². The lowest BCUT2D eigenvalue weighted by Crippen LogP contribution is -2.52. The van der Waals surface area contributed by atoms with Gasteiger partial charge in [0.1, 0.15) is 12.1 Å². The first-order valence-electron chi connectivity index (χ1n) is 14.3. The molecule has 41 heavy (non-hydrogen) atoms. The van der Waals surface area contributed by atoms with Crippen molar-refractivity contribution in [3.05, 3.63) is 131 Å². The third kappa shape index (κ3) is 4.63. The summed E-state index contributed by atoms with van der Waals surface area (Å²) in [5.74, 6) is -0.537. The Bertz CT molecular complexity index is 1510. The number of carbonyl (C=O) groups is 2. The Morgan fingerprint density at radius 2 is 1.39 bits per heavy atom. The van der Waals surface area contributed by atoms with Crippen LogP contribution in [-0.2, 0) is 24.6 Å². The van der Waals surface area contributed by atoms with E-state index in [1.165, 1.54) is 11.1 Å². The Balaban J connectivity index is 1.44. The maximum atomic E-state index is 13.6. The maximum Gasteiger partial charge on any atom is 0.327 e. The van der Waals surface area contributed by atoms with E-state index < -0.39 is 17.6 Å². The van der Waals surface area contributed by atoms with Gasteiger partial charge in [-0.1, -0.05) is 103 Å². The van der Waals surface area contributed by atoms with Gasteiger partial charge in [-0.15, -0.1) is 0 Å². The normalized spacial score (nSPS) is 20.8. The molecule has 1 N–H and O–H groups in total. The number of benzene rings is 3. The molecule has 3 aromatic rings. The fraction of sp³-hybridized carbons (Fsp3) is 0.257. The van der Waals surface area contributed by atoms with Gasteiger partial charge in [0.05, 0.1) is 18.8 Å². The molecule has 3 aromatic carbocycles. The second-order valence-electron chi connectivity index (χ2n) is 10.4. The molecule has 0 bridgehead atoms. The zero-order valence-corrected chi connectivity index (χ0v) is 23.4. The maximum absolute atomic E-state index is 13.6. The molecule has 2 aliphatic heterocycles. The van der Waals surface area contributed by atoms with Crippen molar-refractivity contribution in [1.29, 1.82) is 0 Å². The van der Waals surface area contributed by atoms with Crippen LogP contribution >= 0.6 is 0 Å². The van der Waals surface area contributed by atoms with Gasteiger partial charge in [-0.3, -0.25) is 15.0 Å². The van der Waals surface area contributed by atoms with Crippen LogP contribution in [0.3, 0.4) is 0 Å². The van der Waals surface area contributed by atoms with Gasteiger partial charge >= 0.3 is 11.9 Å². The van der Waals surface area contributed by atoms with Gasteiger partial charge in [0.15, 0.2) is 0 Å². The molecule has 6 rings (SSSR count). The van der Waals surface area contributed by atoms with Crippen LogP contribution < -0.4 is 5.32 Å². The van der Waals surface area contributed by atoms with Gasteiger partial charge in [-0.2, -0.15) is 0 Å². The van der Waals surface area contributed by atoms with E-state index in [1.54, 1.807) is 6.92 Å². The van der Waals surface area contributed by atoms with Crippen molar-refractivity contribution < 1.29 is 19.1 Å². The van der Waals surface area contributed by atoms with E-state index in [-0.39, 0.29) is 11.9 Å². The molecule has 0 spiro atoms. The Morgan fingerprint density at radius 3 is 2.05 bits per heavy atom. The van der Waals surface area contributed by atoms with Crippen LogP contribution in [0.1, 0.15) is 30.5 Å². The van der Waals surface area contributed by atoms with Crippen molar-refractivity contribution in [3.63, 3.8) is 0 Å². The highest BCUT2D eigenvalue weighted by molar-refractivity contribution is 5.86. The zero-order valence-electron chi connectivity index (χ0n) is 23.4. The van der Waals surface area contributed by atoms with E-state index in [0.29, 0.717) is 26.3 Å². The summed E-state index contributed by atoms with van der Waals surface area (Å²) in [4.78, 5) is 28.0. The summed E-state index contributed by atoms with van der Waals surface area (Å²) >= 11 is 0. The number of fused-ring (bicyclic) bond motifs is 3. The lowest BCUT2D eigenvalue weighted by molar-refractivity contribution is -0.148. The van der Waals surface area contributed by atoms with Crippen molar-refractivity contribution in [2.75, 3.05) is 26.3 Å². The number of hydrogen-bond donors (Lipinski definition) is 1. The molecule has 2 atom stereocenters. The minimum atomic E-state index is -0.693. The second kappa shape index (κ2) is 11.3. The van der Waals surface area contributed by atoms with Crippen LogP contribution in [-0.4, -0.2) is 55.2 Å². The third-order valence-corrected chi connectivity index (χ3v) is 8.09. The van der Waals surface area contributed by atoms with E-state index in [2.05, 4.69) is 89.1 Å². The number of rotatable bonds is 8. The largest absolute Gasteiger partial charge is 0.465 e. The fourth-order valence-electron chi connectivity index (χ4n) is 6.45. The molecule has 3 aliphatic rings. The van der Waals surface area contributed by atoms with Gasteiger partial charge < -0.3 is 9.47 Å². The Labute approximate surface area is 241 Å². The summed E-state index contributed by atoms with van der Waals surface area (Å²) in [6, 6.07) is 26.4. The number of esters is 2. The molecule has 6 nitrogen and oxygen atoms in total. The number of nitrogens with zero attached hydrogens (tertiary/aromatic N) is 1. The second-order valence-corrected chi connectivity index (χ2v) is 10.4. The van der Waals surface area contributed by atoms with Crippen molar-refractivity contribution >= 4 is 11.9 Å². The van der Waals surface area contributed by atoms with Gasteiger partial charge in [0.25, 0.3) is 0 Å². The summed E-state index contributed by atoms with van der Waals surface area (Å²) in [6.07, 6.45) is 8.00. The molecule has 6 heteroatoms. The summed E-state index contributed by atoms with van der Waals surface area (Å²) < 4.78 is 10.8. The van der Waals surface area contributed by atoms with Crippen LogP contribution in [0.2, 0.25) is 0 Å². The number of carbonyl (C=O) groups excluding carboxylic acids is 2. The van der Waals surface area contributed by atoms with Crippen LogP contribution in [0.4, 0.5) is 0 Å². The first kappa shape index (κ1) is 26.9. The van der Waals surface area contributed by atoms with Gasteiger partial charge in [-0.25, -0.2) is 4.79 Å². The average molecular weight is 547 g/mol. The molecule has 0 saturated heterocycles. The predicted octanol–water partition coefficient (Wildman–Crippen LogP) is 5.15. The lowest BCUT2D eigenvalue weighted by Gasteiger charge is -2.44. The third-order valence-electron chi connectivity index (χ3n) is 8.09. The highest BCUT2D eigenvalue weighted by atomic mass is 16.5. The molecule has 0 saturated carbocycles. The summed E-state index contributed by atoms with van der Waals surface area (Å²) in [6.45, 7) is 5.42. The van der Waals surface area contributed by atoms with E-state index >= 15 is 0 Å². The summed E-state index contributed by atoms with van der Waals surface area (Å²) in [7, 11) is 0. The monoisotopic (exact) mass is 546 g/mol. The average Bonchev–Trinajstić information content (AvgIpc) is 3.72.